The first-order chi connectivity index (χ1) is 16.6. The lowest BCUT2D eigenvalue weighted by Gasteiger charge is -2.31. The Hall–Kier alpha value is -3.51. The Morgan fingerprint density at radius 2 is 1.56 bits per heavy atom. The molecule has 3 aromatic rings. The van der Waals surface area contributed by atoms with Crippen molar-refractivity contribution in [2.75, 3.05) is 26.2 Å². The predicted molar refractivity (Wildman–Crippen MR) is 134 cm³/mol. The van der Waals surface area contributed by atoms with Crippen LogP contribution in [0.4, 0.5) is 0 Å². The van der Waals surface area contributed by atoms with E-state index < -0.39 is 0 Å². The van der Waals surface area contributed by atoms with Crippen LogP contribution in [0.2, 0.25) is 0 Å². The maximum atomic E-state index is 12.7. The van der Waals surface area contributed by atoms with Gasteiger partial charge >= 0.3 is 0 Å². The van der Waals surface area contributed by atoms with Crippen molar-refractivity contribution in [2.24, 2.45) is 5.92 Å². The van der Waals surface area contributed by atoms with Crippen molar-refractivity contribution >= 4 is 11.8 Å². The van der Waals surface area contributed by atoms with E-state index >= 15 is 0 Å². The number of nitrogens with one attached hydrogen (secondary N) is 2. The smallest absolute Gasteiger partial charge is 0.251 e. The minimum absolute atomic E-state index is 0.0576. The summed E-state index contributed by atoms with van der Waals surface area (Å²) in [5.74, 6) is 0.339. The van der Waals surface area contributed by atoms with Crippen LogP contribution in [0.3, 0.4) is 0 Å². The lowest BCUT2D eigenvalue weighted by Crippen LogP contribution is -2.38. The van der Waals surface area contributed by atoms with Gasteiger partial charge in [0.1, 0.15) is 0 Å². The third-order valence-corrected chi connectivity index (χ3v) is 6.51. The molecule has 0 radical (unpaired) electrons. The molecule has 176 valence electrons. The van der Waals surface area contributed by atoms with Crippen molar-refractivity contribution in [2.45, 2.75) is 26.3 Å². The summed E-state index contributed by atoms with van der Waals surface area (Å²) < 4.78 is 0. The van der Waals surface area contributed by atoms with E-state index in [1.165, 1.54) is 0 Å². The van der Waals surface area contributed by atoms with Crippen LogP contribution in [0, 0.1) is 5.92 Å². The lowest BCUT2D eigenvalue weighted by molar-refractivity contribution is 0.0935. The highest BCUT2D eigenvalue weighted by molar-refractivity contribution is 5.95. The minimum Gasteiger partial charge on any atom is -0.352 e. The summed E-state index contributed by atoms with van der Waals surface area (Å²) in [6, 6.07) is 18.8. The molecule has 2 amide bonds. The number of benzene rings is 2. The Balaban J connectivity index is 1.27. The molecule has 1 fully saturated rings. The van der Waals surface area contributed by atoms with E-state index in [0.29, 0.717) is 30.1 Å². The summed E-state index contributed by atoms with van der Waals surface area (Å²) in [7, 11) is 0. The van der Waals surface area contributed by atoms with E-state index in [-0.39, 0.29) is 11.8 Å². The number of piperidine rings is 1. The van der Waals surface area contributed by atoms with E-state index in [1.54, 1.807) is 12.4 Å². The molecule has 4 rings (SSSR count). The molecular weight excluding hydrogens is 424 g/mol. The largest absolute Gasteiger partial charge is 0.352 e. The van der Waals surface area contributed by atoms with Crippen LogP contribution in [0.15, 0.2) is 73.1 Å². The summed E-state index contributed by atoms with van der Waals surface area (Å²) in [5, 5.41) is 6.04. The molecule has 1 aromatic heterocycles. The average Bonchev–Trinajstić information content (AvgIpc) is 2.91. The molecule has 2 heterocycles. The fourth-order valence-electron chi connectivity index (χ4n) is 4.31. The molecule has 1 aliphatic heterocycles. The number of rotatable bonds is 8. The normalized spacial score (nSPS) is 14.5. The highest BCUT2D eigenvalue weighted by Gasteiger charge is 2.19. The van der Waals surface area contributed by atoms with Gasteiger partial charge in [0.25, 0.3) is 11.8 Å². The predicted octanol–water partition coefficient (Wildman–Crippen LogP) is 4.14. The Morgan fingerprint density at radius 1 is 0.882 bits per heavy atom. The molecule has 0 bridgehead atoms. The first-order valence-electron chi connectivity index (χ1n) is 12.0. The fourth-order valence-corrected chi connectivity index (χ4v) is 4.31. The van der Waals surface area contributed by atoms with E-state index in [2.05, 4.69) is 27.4 Å². The minimum atomic E-state index is -0.144. The molecule has 0 atom stereocenters. The van der Waals surface area contributed by atoms with Crippen LogP contribution < -0.4 is 10.6 Å². The van der Waals surface area contributed by atoms with Crippen molar-refractivity contribution in [3.63, 3.8) is 0 Å². The Kier molecular flexibility index (Phi) is 8.04. The quantitative estimate of drug-likeness (QED) is 0.534. The molecule has 2 aromatic carbocycles. The van der Waals surface area contributed by atoms with Gasteiger partial charge in [0.2, 0.25) is 0 Å². The molecular formula is C28H32N4O2. The highest BCUT2D eigenvalue weighted by atomic mass is 16.2. The summed E-state index contributed by atoms with van der Waals surface area (Å²) in [4.78, 5) is 31.7. The van der Waals surface area contributed by atoms with Gasteiger partial charge in [0, 0.05) is 36.6 Å². The summed E-state index contributed by atoms with van der Waals surface area (Å²) in [5.41, 5.74) is 4.21. The zero-order valence-electron chi connectivity index (χ0n) is 19.7. The molecule has 0 aliphatic carbocycles. The number of nitrogens with zero attached hydrogens (tertiary/aromatic N) is 2. The molecule has 2 N–H and O–H groups in total. The number of hydrogen-bond donors (Lipinski definition) is 2. The van der Waals surface area contributed by atoms with Crippen LogP contribution in [0.25, 0.3) is 11.1 Å². The summed E-state index contributed by atoms with van der Waals surface area (Å²) in [6.07, 6.45) is 5.76. The number of hydrogen-bond acceptors (Lipinski definition) is 4. The van der Waals surface area contributed by atoms with Crippen LogP contribution in [0.1, 0.15) is 46.0 Å². The SMILES string of the molecule is CCN1CCC(CNC(=O)c2cccc(CNC(=O)c3ccc(-c4ccncc4)cc3)c2)CC1. The number of carbonyl (C=O) groups is 2. The fraction of sp³-hybridized carbons (Fsp3) is 0.321. The van der Waals surface area contributed by atoms with Crippen molar-refractivity contribution in [3.05, 3.63) is 89.7 Å². The van der Waals surface area contributed by atoms with Gasteiger partial charge < -0.3 is 15.5 Å². The highest BCUT2D eigenvalue weighted by Crippen LogP contribution is 2.19. The number of likely N-dealkylation sites (tertiary alicyclic amines) is 1. The number of amides is 2. The van der Waals surface area contributed by atoms with Crippen LogP contribution in [0.5, 0.6) is 0 Å². The van der Waals surface area contributed by atoms with Gasteiger partial charge in [-0.05, 0) is 91.5 Å². The Morgan fingerprint density at radius 3 is 2.26 bits per heavy atom. The maximum absolute atomic E-state index is 12.7. The van der Waals surface area contributed by atoms with E-state index in [0.717, 1.165) is 49.2 Å². The first-order valence-corrected chi connectivity index (χ1v) is 12.0. The molecule has 6 nitrogen and oxygen atoms in total. The van der Waals surface area contributed by atoms with Crippen molar-refractivity contribution in [1.82, 2.24) is 20.5 Å². The number of aromatic nitrogens is 1. The molecule has 1 aliphatic rings. The summed E-state index contributed by atoms with van der Waals surface area (Å²) >= 11 is 0. The molecule has 1 saturated heterocycles. The second kappa shape index (κ2) is 11.6. The van der Waals surface area contributed by atoms with E-state index in [9.17, 15) is 9.59 Å². The van der Waals surface area contributed by atoms with Gasteiger partial charge in [-0.2, -0.15) is 0 Å². The molecule has 0 spiro atoms. The Labute approximate surface area is 201 Å². The van der Waals surface area contributed by atoms with Crippen molar-refractivity contribution in [3.8, 4) is 11.1 Å². The maximum Gasteiger partial charge on any atom is 0.251 e. The van der Waals surface area contributed by atoms with Gasteiger partial charge in [0.05, 0.1) is 0 Å². The second-order valence-electron chi connectivity index (χ2n) is 8.78. The van der Waals surface area contributed by atoms with Gasteiger partial charge in [-0.15, -0.1) is 0 Å². The number of pyridine rings is 1. The van der Waals surface area contributed by atoms with Gasteiger partial charge in [-0.1, -0.05) is 31.2 Å². The standard InChI is InChI=1S/C28H32N4O2/c1-2-32-16-12-21(13-17-32)19-30-28(34)26-5-3-4-22(18-26)20-31-27(33)25-8-6-23(7-9-25)24-10-14-29-15-11-24/h3-11,14-15,18,21H,2,12-13,16-17,19-20H2,1H3,(H,30,34)(H,31,33). The van der Waals surface area contributed by atoms with Crippen LogP contribution >= 0.6 is 0 Å². The van der Waals surface area contributed by atoms with Gasteiger partial charge in [-0.3, -0.25) is 14.6 Å². The third kappa shape index (κ3) is 6.29. The van der Waals surface area contributed by atoms with Crippen LogP contribution in [-0.2, 0) is 6.54 Å². The third-order valence-electron chi connectivity index (χ3n) is 6.51. The molecule has 0 saturated carbocycles. The number of carbonyl (C=O) groups excluding carboxylic acids is 2. The zero-order chi connectivity index (χ0) is 23.8. The van der Waals surface area contributed by atoms with Crippen molar-refractivity contribution < 1.29 is 9.59 Å². The van der Waals surface area contributed by atoms with E-state index in [1.807, 2.05) is 60.7 Å². The monoisotopic (exact) mass is 456 g/mol. The van der Waals surface area contributed by atoms with Gasteiger partial charge in [0.15, 0.2) is 0 Å². The zero-order valence-corrected chi connectivity index (χ0v) is 19.7. The van der Waals surface area contributed by atoms with Crippen LogP contribution in [-0.4, -0.2) is 47.9 Å². The van der Waals surface area contributed by atoms with Gasteiger partial charge in [-0.25, -0.2) is 0 Å². The summed E-state index contributed by atoms with van der Waals surface area (Å²) in [6.45, 7) is 6.59. The Bertz CT molecular complexity index is 1090. The lowest BCUT2D eigenvalue weighted by atomic mass is 9.96. The topological polar surface area (TPSA) is 74.3 Å². The van der Waals surface area contributed by atoms with Crippen molar-refractivity contribution in [1.29, 1.82) is 0 Å². The molecule has 0 unspecified atom stereocenters. The molecule has 6 heteroatoms. The second-order valence-corrected chi connectivity index (χ2v) is 8.78. The first kappa shape index (κ1) is 23.6. The average molecular weight is 457 g/mol. The molecule has 34 heavy (non-hydrogen) atoms. The van der Waals surface area contributed by atoms with E-state index in [4.69, 9.17) is 0 Å².